The van der Waals surface area contributed by atoms with E-state index < -0.39 is 0 Å². The molecular formula is C25H24N2O4. The Labute approximate surface area is 180 Å². The van der Waals surface area contributed by atoms with Crippen LogP contribution >= 0.6 is 0 Å². The molecule has 0 saturated heterocycles. The molecule has 1 fully saturated rings. The van der Waals surface area contributed by atoms with Gasteiger partial charge >= 0.3 is 0 Å². The van der Waals surface area contributed by atoms with E-state index in [0.29, 0.717) is 23.5 Å². The fourth-order valence-corrected chi connectivity index (χ4v) is 4.27. The van der Waals surface area contributed by atoms with E-state index in [0.717, 1.165) is 35.5 Å². The smallest absolute Gasteiger partial charge is 0.227 e. The maximum absolute atomic E-state index is 13.3. The number of amides is 1. The van der Waals surface area contributed by atoms with Crippen molar-refractivity contribution in [3.8, 4) is 17.2 Å². The molecule has 1 saturated carbocycles. The summed E-state index contributed by atoms with van der Waals surface area (Å²) >= 11 is 0. The molecular weight excluding hydrogens is 392 g/mol. The van der Waals surface area contributed by atoms with E-state index in [2.05, 4.69) is 9.88 Å². The van der Waals surface area contributed by atoms with Crippen molar-refractivity contribution in [1.29, 1.82) is 0 Å². The third-order valence-corrected chi connectivity index (χ3v) is 6.12. The number of rotatable bonds is 5. The van der Waals surface area contributed by atoms with Gasteiger partial charge in [0.25, 0.3) is 0 Å². The molecule has 1 amide bonds. The van der Waals surface area contributed by atoms with Crippen LogP contribution in [0.4, 0.5) is 5.69 Å². The highest BCUT2D eigenvalue weighted by atomic mass is 16.5. The minimum absolute atomic E-state index is 0.0516. The molecule has 1 N–H and O–H groups in total. The van der Waals surface area contributed by atoms with E-state index >= 15 is 0 Å². The van der Waals surface area contributed by atoms with E-state index in [-0.39, 0.29) is 23.5 Å². The number of ether oxygens (including phenoxy) is 2. The van der Waals surface area contributed by atoms with Crippen LogP contribution in [0.15, 0.2) is 54.7 Å². The third-order valence-electron chi connectivity index (χ3n) is 6.12. The molecule has 158 valence electrons. The molecule has 0 bridgehead atoms. The Hall–Kier alpha value is -3.54. The average Bonchev–Trinajstić information content (AvgIpc) is 3.55. The number of Topliss-reactive ketones (excluding diaryl/α,β-unsaturated/α-hetero) is 1. The minimum Gasteiger partial charge on any atom is -0.493 e. The molecule has 6 heteroatoms. The van der Waals surface area contributed by atoms with Crippen molar-refractivity contribution in [3.05, 3.63) is 71.5 Å². The first-order chi connectivity index (χ1) is 15.1. The van der Waals surface area contributed by atoms with E-state index in [1.165, 1.54) is 0 Å². The van der Waals surface area contributed by atoms with Gasteiger partial charge in [-0.2, -0.15) is 0 Å². The lowest BCUT2D eigenvalue weighted by Crippen LogP contribution is -2.13. The third kappa shape index (κ3) is 3.48. The van der Waals surface area contributed by atoms with Gasteiger partial charge < -0.3 is 19.4 Å². The summed E-state index contributed by atoms with van der Waals surface area (Å²) in [4.78, 5) is 25.3. The van der Waals surface area contributed by atoms with E-state index in [1.54, 1.807) is 20.3 Å². The van der Waals surface area contributed by atoms with Crippen LogP contribution in [0.3, 0.4) is 0 Å². The van der Waals surface area contributed by atoms with Gasteiger partial charge in [0, 0.05) is 47.5 Å². The molecule has 1 aliphatic heterocycles. The molecule has 31 heavy (non-hydrogen) atoms. The van der Waals surface area contributed by atoms with Crippen LogP contribution in [-0.2, 0) is 4.79 Å². The van der Waals surface area contributed by atoms with Gasteiger partial charge in [0.2, 0.25) is 5.91 Å². The quantitative estimate of drug-likeness (QED) is 0.662. The lowest BCUT2D eigenvalue weighted by molar-refractivity contribution is -0.117. The summed E-state index contributed by atoms with van der Waals surface area (Å²) in [6.45, 7) is 0. The fourth-order valence-electron chi connectivity index (χ4n) is 4.27. The van der Waals surface area contributed by atoms with E-state index in [1.807, 2.05) is 48.7 Å². The van der Waals surface area contributed by atoms with Crippen LogP contribution < -0.4 is 14.8 Å². The van der Waals surface area contributed by atoms with Gasteiger partial charge in [-0.1, -0.05) is 12.1 Å². The van der Waals surface area contributed by atoms with Crippen molar-refractivity contribution in [3.63, 3.8) is 0 Å². The highest BCUT2D eigenvalue weighted by molar-refractivity contribution is 6.01. The second-order valence-electron chi connectivity index (χ2n) is 8.09. The van der Waals surface area contributed by atoms with Crippen molar-refractivity contribution in [2.45, 2.75) is 25.2 Å². The SMILES string of the molecule is COc1cc2c(cc1OC)-n1cccc1[C@H](c1ccc(NC(=O)C3CC3)cc1)CC2=O. The molecule has 2 heterocycles. The summed E-state index contributed by atoms with van der Waals surface area (Å²) in [5.74, 6) is 1.33. The Morgan fingerprint density at radius 2 is 1.74 bits per heavy atom. The van der Waals surface area contributed by atoms with Gasteiger partial charge in [-0.15, -0.1) is 0 Å². The van der Waals surface area contributed by atoms with Crippen LogP contribution in [-0.4, -0.2) is 30.5 Å². The van der Waals surface area contributed by atoms with Gasteiger partial charge in [-0.3, -0.25) is 9.59 Å². The number of hydrogen-bond acceptors (Lipinski definition) is 4. The zero-order valence-corrected chi connectivity index (χ0v) is 17.6. The lowest BCUT2D eigenvalue weighted by Gasteiger charge is -2.17. The first-order valence-electron chi connectivity index (χ1n) is 10.5. The summed E-state index contributed by atoms with van der Waals surface area (Å²) < 4.78 is 12.9. The topological polar surface area (TPSA) is 69.6 Å². The highest BCUT2D eigenvalue weighted by Gasteiger charge is 2.31. The van der Waals surface area contributed by atoms with E-state index in [4.69, 9.17) is 9.47 Å². The minimum atomic E-state index is -0.0972. The number of anilines is 1. The van der Waals surface area contributed by atoms with Crippen LogP contribution in [0.2, 0.25) is 0 Å². The molecule has 0 spiro atoms. The molecule has 5 rings (SSSR count). The average molecular weight is 416 g/mol. The standard InChI is InChI=1S/C25H24N2O4/c1-30-23-13-19-21(14-24(23)31-2)27-11-3-4-20(27)18(12-22(19)28)15-7-9-17(10-8-15)26-25(29)16-5-6-16/h3-4,7-11,13-14,16,18H,5-6,12H2,1-2H3,(H,26,29)/t18-/m0/s1. The summed E-state index contributed by atoms with van der Waals surface area (Å²) in [5, 5.41) is 2.97. The zero-order valence-electron chi connectivity index (χ0n) is 17.6. The molecule has 3 aromatic rings. The number of aromatic nitrogens is 1. The predicted molar refractivity (Wildman–Crippen MR) is 117 cm³/mol. The van der Waals surface area contributed by atoms with Crippen molar-refractivity contribution < 1.29 is 19.1 Å². The van der Waals surface area contributed by atoms with Gasteiger partial charge in [0.15, 0.2) is 17.3 Å². The predicted octanol–water partition coefficient (Wildman–Crippen LogP) is 4.56. The Morgan fingerprint density at radius 3 is 2.42 bits per heavy atom. The van der Waals surface area contributed by atoms with E-state index in [9.17, 15) is 9.59 Å². The Kier molecular flexibility index (Phi) is 4.77. The molecule has 1 aromatic heterocycles. The molecule has 2 aromatic carbocycles. The summed E-state index contributed by atoms with van der Waals surface area (Å²) in [6, 6.07) is 15.5. The second-order valence-corrected chi connectivity index (χ2v) is 8.09. The van der Waals surface area contributed by atoms with Gasteiger partial charge in [-0.25, -0.2) is 0 Å². The number of methoxy groups -OCH3 is 2. The maximum atomic E-state index is 13.3. The number of hydrogen-bond donors (Lipinski definition) is 1. The van der Waals surface area contributed by atoms with Crippen LogP contribution in [0.25, 0.3) is 5.69 Å². The number of nitrogens with zero attached hydrogens (tertiary/aromatic N) is 1. The largest absolute Gasteiger partial charge is 0.493 e. The van der Waals surface area contributed by atoms with Crippen LogP contribution in [0.5, 0.6) is 11.5 Å². The number of carbonyl (C=O) groups excluding carboxylic acids is 2. The van der Waals surface area contributed by atoms with Crippen molar-refractivity contribution in [2.24, 2.45) is 5.92 Å². The monoisotopic (exact) mass is 416 g/mol. The molecule has 1 atom stereocenters. The van der Waals surface area contributed by atoms with Gasteiger partial charge in [0.05, 0.1) is 19.9 Å². The Bertz CT molecular complexity index is 1160. The van der Waals surface area contributed by atoms with Gasteiger partial charge in [-0.05, 0) is 48.7 Å². The van der Waals surface area contributed by atoms with Crippen LogP contribution in [0, 0.1) is 5.92 Å². The molecule has 0 radical (unpaired) electrons. The molecule has 2 aliphatic rings. The van der Waals surface area contributed by atoms with Crippen molar-refractivity contribution in [2.75, 3.05) is 19.5 Å². The summed E-state index contributed by atoms with van der Waals surface area (Å²) in [5.41, 5.74) is 4.26. The zero-order chi connectivity index (χ0) is 21.5. The highest BCUT2D eigenvalue weighted by Crippen LogP contribution is 2.40. The first kappa shape index (κ1) is 19.4. The number of benzene rings is 2. The number of ketones is 1. The first-order valence-corrected chi connectivity index (χ1v) is 10.5. The normalized spacial score (nSPS) is 17.4. The number of carbonyl (C=O) groups is 2. The second kappa shape index (κ2) is 7.61. The van der Waals surface area contributed by atoms with Crippen molar-refractivity contribution in [1.82, 2.24) is 4.57 Å². The maximum Gasteiger partial charge on any atom is 0.227 e. The number of fused-ring (bicyclic) bond motifs is 3. The van der Waals surface area contributed by atoms with Crippen LogP contribution in [0.1, 0.15) is 46.8 Å². The fraction of sp³-hybridized carbons (Fsp3) is 0.280. The number of nitrogens with one attached hydrogen (secondary N) is 1. The summed E-state index contributed by atoms with van der Waals surface area (Å²) in [6.07, 6.45) is 4.26. The molecule has 0 unspecified atom stereocenters. The lowest BCUT2D eigenvalue weighted by atomic mass is 9.90. The Balaban J connectivity index is 1.51. The van der Waals surface area contributed by atoms with Crippen molar-refractivity contribution >= 4 is 17.4 Å². The Morgan fingerprint density at radius 1 is 1.03 bits per heavy atom. The molecule has 6 nitrogen and oxygen atoms in total. The molecule has 1 aliphatic carbocycles. The van der Waals surface area contributed by atoms with Gasteiger partial charge in [0.1, 0.15) is 0 Å². The summed E-state index contributed by atoms with van der Waals surface area (Å²) in [7, 11) is 3.16.